The van der Waals surface area contributed by atoms with Crippen molar-refractivity contribution >= 4 is 87.2 Å². The third kappa shape index (κ3) is 3.98. The minimum Gasteiger partial charge on any atom is -0.453 e. The van der Waals surface area contributed by atoms with E-state index in [1.54, 1.807) is 0 Å². The first-order valence-corrected chi connectivity index (χ1v) is 18.0. The number of furan rings is 1. The molecule has 0 atom stereocenters. The maximum atomic E-state index is 7.23. The SMILES string of the molecule is c1ccc(-c2nc3cccc(-c4cc5ccccc5c5c4oc4c(-n6c7ccc8ccccc8c7c7c8ccccc8ccc76)cccc45)c3o2)cc1. The van der Waals surface area contributed by atoms with Crippen molar-refractivity contribution in [3.63, 3.8) is 0 Å². The van der Waals surface area contributed by atoms with Gasteiger partial charge in [0.05, 0.1) is 16.7 Å². The Kier molecular flexibility index (Phi) is 5.74. The molecule has 3 aromatic heterocycles. The predicted octanol–water partition coefficient (Wildman–Crippen LogP) is 13.6. The fourth-order valence-electron chi connectivity index (χ4n) is 8.68. The molecule has 0 amide bonds. The number of benzene rings is 9. The maximum Gasteiger partial charge on any atom is 0.227 e. The van der Waals surface area contributed by atoms with Crippen LogP contribution in [-0.2, 0) is 0 Å². The molecule has 0 fully saturated rings. The van der Waals surface area contributed by atoms with Gasteiger partial charge in [-0.15, -0.1) is 0 Å². The number of nitrogens with zero attached hydrogens (tertiary/aromatic N) is 2. The van der Waals surface area contributed by atoms with Crippen LogP contribution < -0.4 is 0 Å². The van der Waals surface area contributed by atoms with Crippen LogP contribution >= 0.6 is 0 Å². The molecule has 53 heavy (non-hydrogen) atoms. The summed E-state index contributed by atoms with van der Waals surface area (Å²) in [6.45, 7) is 0. The molecule has 0 saturated heterocycles. The lowest BCUT2D eigenvalue weighted by Crippen LogP contribution is -1.94. The van der Waals surface area contributed by atoms with E-state index in [9.17, 15) is 0 Å². The Labute approximate surface area is 302 Å². The number of hydrogen-bond acceptors (Lipinski definition) is 3. The van der Waals surface area contributed by atoms with Crippen molar-refractivity contribution in [3.05, 3.63) is 170 Å². The first kappa shape index (κ1) is 28.5. The first-order chi connectivity index (χ1) is 26.3. The van der Waals surface area contributed by atoms with Crippen LogP contribution in [0.5, 0.6) is 0 Å². The highest BCUT2D eigenvalue weighted by Gasteiger charge is 2.24. The van der Waals surface area contributed by atoms with E-state index in [2.05, 4.69) is 138 Å². The van der Waals surface area contributed by atoms with E-state index in [1.807, 2.05) is 36.4 Å². The van der Waals surface area contributed by atoms with Crippen molar-refractivity contribution in [2.24, 2.45) is 0 Å². The Morgan fingerprint density at radius 1 is 0.396 bits per heavy atom. The Morgan fingerprint density at radius 3 is 1.72 bits per heavy atom. The molecule has 0 aliphatic rings. The first-order valence-electron chi connectivity index (χ1n) is 18.0. The lowest BCUT2D eigenvalue weighted by Gasteiger charge is -2.09. The predicted molar refractivity (Wildman–Crippen MR) is 219 cm³/mol. The zero-order chi connectivity index (χ0) is 34.6. The molecule has 0 aliphatic heterocycles. The van der Waals surface area contributed by atoms with Gasteiger partial charge in [-0.05, 0) is 74.8 Å². The van der Waals surface area contributed by atoms with E-state index in [0.717, 1.165) is 77.2 Å². The monoisotopic (exact) mass is 676 g/mol. The molecule has 9 aromatic carbocycles. The van der Waals surface area contributed by atoms with E-state index < -0.39 is 0 Å². The molecule has 0 spiro atoms. The highest BCUT2D eigenvalue weighted by Crippen LogP contribution is 2.47. The summed E-state index contributed by atoms with van der Waals surface area (Å²) in [4.78, 5) is 4.90. The molecule has 0 radical (unpaired) electrons. The number of hydrogen-bond donors (Lipinski definition) is 0. The van der Waals surface area contributed by atoms with Gasteiger partial charge < -0.3 is 13.4 Å². The minimum absolute atomic E-state index is 0.600. The van der Waals surface area contributed by atoms with Crippen LogP contribution in [0.3, 0.4) is 0 Å². The zero-order valence-corrected chi connectivity index (χ0v) is 28.4. The molecule has 4 heteroatoms. The number of oxazole rings is 1. The van der Waals surface area contributed by atoms with Crippen LogP contribution in [0.4, 0.5) is 0 Å². The van der Waals surface area contributed by atoms with E-state index in [1.165, 1.54) is 32.3 Å². The second kappa shape index (κ2) is 10.7. The van der Waals surface area contributed by atoms with Crippen LogP contribution in [0, 0.1) is 0 Å². The third-order valence-corrected chi connectivity index (χ3v) is 11.0. The molecule has 0 bridgehead atoms. The third-order valence-electron chi connectivity index (χ3n) is 11.0. The number of para-hydroxylation sites is 2. The number of fused-ring (bicyclic) bond motifs is 13. The Balaban J connectivity index is 1.21. The summed E-state index contributed by atoms with van der Waals surface area (Å²) >= 11 is 0. The molecule has 12 rings (SSSR count). The molecule has 0 aliphatic carbocycles. The summed E-state index contributed by atoms with van der Waals surface area (Å²) in [6, 6.07) is 60.0. The van der Waals surface area contributed by atoms with Crippen molar-refractivity contribution in [3.8, 4) is 28.3 Å². The van der Waals surface area contributed by atoms with Gasteiger partial charge in [0.25, 0.3) is 0 Å². The zero-order valence-electron chi connectivity index (χ0n) is 28.4. The summed E-state index contributed by atoms with van der Waals surface area (Å²) in [7, 11) is 0. The van der Waals surface area contributed by atoms with Crippen LogP contribution in [-0.4, -0.2) is 9.55 Å². The van der Waals surface area contributed by atoms with Gasteiger partial charge in [-0.1, -0.05) is 127 Å². The second-order valence-corrected chi connectivity index (χ2v) is 13.8. The average Bonchev–Trinajstić information content (AvgIpc) is 3.93. The highest BCUT2D eigenvalue weighted by molar-refractivity contribution is 6.29. The normalized spacial score (nSPS) is 12.2. The lowest BCUT2D eigenvalue weighted by molar-refractivity contribution is 0.620. The van der Waals surface area contributed by atoms with Crippen molar-refractivity contribution in [1.82, 2.24) is 9.55 Å². The van der Waals surface area contributed by atoms with Gasteiger partial charge in [0.1, 0.15) is 11.1 Å². The van der Waals surface area contributed by atoms with Crippen LogP contribution in [0.1, 0.15) is 0 Å². The van der Waals surface area contributed by atoms with Gasteiger partial charge in [-0.3, -0.25) is 0 Å². The smallest absolute Gasteiger partial charge is 0.227 e. The molecular weight excluding hydrogens is 649 g/mol. The van der Waals surface area contributed by atoms with Gasteiger partial charge in [-0.25, -0.2) is 4.98 Å². The fourth-order valence-corrected chi connectivity index (χ4v) is 8.68. The molecule has 3 heterocycles. The minimum atomic E-state index is 0.600. The van der Waals surface area contributed by atoms with Crippen LogP contribution in [0.15, 0.2) is 179 Å². The molecule has 0 saturated carbocycles. The summed E-state index contributed by atoms with van der Waals surface area (Å²) in [6.07, 6.45) is 0. The molecule has 4 nitrogen and oxygen atoms in total. The quantitative estimate of drug-likeness (QED) is 0.187. The molecular formula is C49H28N2O2. The Bertz CT molecular complexity index is 3360. The topological polar surface area (TPSA) is 44.1 Å². The van der Waals surface area contributed by atoms with E-state index >= 15 is 0 Å². The van der Waals surface area contributed by atoms with Gasteiger partial charge in [0.2, 0.25) is 5.89 Å². The van der Waals surface area contributed by atoms with Gasteiger partial charge in [-0.2, -0.15) is 0 Å². The van der Waals surface area contributed by atoms with Gasteiger partial charge in [0.15, 0.2) is 11.2 Å². The van der Waals surface area contributed by atoms with Crippen LogP contribution in [0.25, 0.3) is 115 Å². The van der Waals surface area contributed by atoms with Crippen LogP contribution in [0.2, 0.25) is 0 Å². The lowest BCUT2D eigenvalue weighted by atomic mass is 9.96. The number of aromatic nitrogens is 2. The Morgan fingerprint density at radius 2 is 1.00 bits per heavy atom. The van der Waals surface area contributed by atoms with E-state index in [-0.39, 0.29) is 0 Å². The van der Waals surface area contributed by atoms with Crippen molar-refractivity contribution in [1.29, 1.82) is 0 Å². The Hall–Kier alpha value is -7.17. The molecule has 12 aromatic rings. The average molecular weight is 677 g/mol. The van der Waals surface area contributed by atoms with E-state index in [0.29, 0.717) is 5.89 Å². The molecule has 0 unspecified atom stereocenters. The van der Waals surface area contributed by atoms with Crippen molar-refractivity contribution in [2.45, 2.75) is 0 Å². The molecule has 246 valence electrons. The van der Waals surface area contributed by atoms with Crippen molar-refractivity contribution < 1.29 is 8.83 Å². The summed E-state index contributed by atoms with van der Waals surface area (Å²) < 4.78 is 16.2. The number of rotatable bonds is 3. The summed E-state index contributed by atoms with van der Waals surface area (Å²) in [5, 5.41) is 11.9. The van der Waals surface area contributed by atoms with Gasteiger partial charge in [0, 0.05) is 38.2 Å². The van der Waals surface area contributed by atoms with Gasteiger partial charge >= 0.3 is 0 Å². The largest absolute Gasteiger partial charge is 0.453 e. The standard InChI is InChI=1S/C49H28N2O2/c1-2-14-31(15-3-1)49-50-39-22-10-20-36(46(39)53-49)38-28-32-16-6-9-19-35(32)43-37-21-11-23-42(47(37)52-48(38)43)51-40-26-24-29-12-4-7-17-33(29)44(40)45-34-18-8-5-13-30(34)25-27-41(45)51/h1-28H. The molecule has 0 N–H and O–H groups in total. The summed E-state index contributed by atoms with van der Waals surface area (Å²) in [5.74, 6) is 0.600. The fraction of sp³-hybridized carbons (Fsp3) is 0. The maximum absolute atomic E-state index is 7.23. The highest BCUT2D eigenvalue weighted by atomic mass is 16.3. The van der Waals surface area contributed by atoms with E-state index in [4.69, 9.17) is 13.8 Å². The van der Waals surface area contributed by atoms with Crippen molar-refractivity contribution in [2.75, 3.05) is 0 Å². The summed E-state index contributed by atoms with van der Waals surface area (Å²) in [5.41, 5.74) is 9.38. The second-order valence-electron chi connectivity index (χ2n) is 13.8.